The van der Waals surface area contributed by atoms with Crippen LogP contribution in [0.4, 0.5) is 149 Å². The van der Waals surface area contributed by atoms with Gasteiger partial charge in [0.25, 0.3) is 0 Å². The number of aromatic nitrogens is 3. The van der Waals surface area contributed by atoms with Crippen LogP contribution in [-0.2, 0) is 19.6 Å². The molecule has 0 radical (unpaired) electrons. The number of alkyl halides is 36. The summed E-state index contributed by atoms with van der Waals surface area (Å²) in [7, 11) is 0. The summed E-state index contributed by atoms with van der Waals surface area (Å²) in [6.07, 6.45) is -22.6. The van der Waals surface area contributed by atoms with Gasteiger partial charge in [-0.25, -0.2) is 28.1 Å². The van der Waals surface area contributed by atoms with Gasteiger partial charge in [0.2, 0.25) is 0 Å². The third-order valence-corrected chi connectivity index (χ3v) is 10.7. The minimum atomic E-state index is -9.06. The van der Waals surface area contributed by atoms with Crippen molar-refractivity contribution in [2.75, 3.05) is 0 Å². The number of rotatable bonds is 22. The molecule has 0 fully saturated rings. The van der Waals surface area contributed by atoms with Crippen molar-refractivity contribution in [3.05, 3.63) is 44.1 Å². The molecule has 1 rings (SSSR count). The molecular weight excluding hydrogens is 1330 g/mol. The lowest BCUT2D eigenvalue weighted by atomic mass is 9.88. The van der Waals surface area contributed by atoms with Gasteiger partial charge in [-0.15, -0.1) is 6.58 Å². The van der Waals surface area contributed by atoms with Gasteiger partial charge in [0.05, 0.1) is 6.54 Å². The molecule has 0 aliphatic heterocycles. The fraction of sp³-hybridized carbons (Fsp3) is 0.821. The van der Waals surface area contributed by atoms with Crippen molar-refractivity contribution in [1.29, 1.82) is 0 Å². The summed E-state index contributed by atoms with van der Waals surface area (Å²) in [5.41, 5.74) is -7.24. The Labute approximate surface area is 387 Å². The highest BCUT2D eigenvalue weighted by atomic mass is 127. The lowest BCUT2D eigenvalue weighted by molar-refractivity contribution is -0.461. The number of halogens is 36. The quantitative estimate of drug-likeness (QED) is 0.0503. The van der Waals surface area contributed by atoms with Crippen LogP contribution in [0.3, 0.4) is 0 Å². The van der Waals surface area contributed by atoms with E-state index in [1.165, 1.54) is 0 Å². The van der Waals surface area contributed by atoms with Crippen molar-refractivity contribution in [2.45, 2.75) is 136 Å². The summed E-state index contributed by atoms with van der Waals surface area (Å²) in [4.78, 5) is 38.7. The van der Waals surface area contributed by atoms with Crippen LogP contribution in [0.5, 0.6) is 0 Å². The highest BCUT2D eigenvalue weighted by Gasteiger charge is 2.97. The fourth-order valence-electron chi connectivity index (χ4n) is 5.01. The monoisotopic (exact) mass is 1340 g/mol. The molecule has 0 amide bonds. The highest BCUT2D eigenvalue weighted by Crippen LogP contribution is 2.66. The lowest BCUT2D eigenvalue weighted by Crippen LogP contribution is -2.74. The second-order valence-corrected chi connectivity index (χ2v) is 17.4. The zero-order valence-corrected chi connectivity index (χ0v) is 36.0. The Morgan fingerprint density at radius 1 is 0.343 bits per heavy atom. The van der Waals surface area contributed by atoms with Gasteiger partial charge >= 0.3 is 112 Å². The van der Waals surface area contributed by atoms with Crippen molar-refractivity contribution in [3.8, 4) is 0 Å². The van der Waals surface area contributed by atoms with Gasteiger partial charge in [0.1, 0.15) is 0 Å². The van der Waals surface area contributed by atoms with E-state index < -0.39 is 166 Å². The minimum Gasteiger partial charge on any atom is -0.247 e. The summed E-state index contributed by atoms with van der Waals surface area (Å²) < 4.78 is 457. The van der Waals surface area contributed by atoms with Crippen molar-refractivity contribution in [2.24, 2.45) is 0 Å². The summed E-state index contributed by atoms with van der Waals surface area (Å²) >= 11 is 0.422. The van der Waals surface area contributed by atoms with E-state index in [1.807, 2.05) is 0 Å². The van der Waals surface area contributed by atoms with E-state index >= 15 is 0 Å². The molecule has 42 heteroatoms. The summed E-state index contributed by atoms with van der Waals surface area (Å²) in [6, 6.07) is 0. The highest BCUT2D eigenvalue weighted by molar-refractivity contribution is 14.1. The molecule has 0 N–H and O–H groups in total. The van der Waals surface area contributed by atoms with Crippen LogP contribution < -0.4 is 17.1 Å². The first-order valence-electron chi connectivity index (χ1n) is 16.4. The molecule has 1 aromatic rings. The van der Waals surface area contributed by atoms with Crippen molar-refractivity contribution in [3.63, 3.8) is 0 Å². The Bertz CT molecular complexity index is 2110. The maximum atomic E-state index is 14.7. The standard InChI is InChI=1S/C28H15F34I2N3O3/c1-2-3-65-10(68)66(6-8(63)4-13(29,30)15(33,34)17(37,38)19(41,42)21(45,46)23(49,50)25(53,54)27(57,58)59)12(70)67(11(65)69)7-9(64)5-14(31,32)16(35,36)18(39,40)20(43,44)22(47,48)24(51,52)26(55,56)28(60,61)62/h2,8-9H,1,3-7H2. The van der Waals surface area contributed by atoms with E-state index in [0.717, 1.165) is 0 Å². The van der Waals surface area contributed by atoms with Crippen LogP contribution in [0.25, 0.3) is 0 Å². The molecule has 0 aromatic carbocycles. The van der Waals surface area contributed by atoms with Crippen LogP contribution in [-0.4, -0.2) is 117 Å². The second kappa shape index (κ2) is 18.6. The van der Waals surface area contributed by atoms with Gasteiger partial charge in [-0.3, -0.25) is 0 Å². The van der Waals surface area contributed by atoms with E-state index in [1.54, 1.807) is 0 Å². The van der Waals surface area contributed by atoms with Gasteiger partial charge in [0.15, 0.2) is 0 Å². The van der Waals surface area contributed by atoms with Crippen molar-refractivity contribution < 1.29 is 149 Å². The molecule has 1 aromatic heterocycles. The van der Waals surface area contributed by atoms with Crippen LogP contribution in [0.2, 0.25) is 0 Å². The van der Waals surface area contributed by atoms with E-state index in [0.29, 0.717) is 6.08 Å². The lowest BCUT2D eigenvalue weighted by Gasteiger charge is -2.43. The number of hydrogen-bond donors (Lipinski definition) is 0. The topological polar surface area (TPSA) is 66.0 Å². The molecule has 0 aliphatic carbocycles. The molecule has 6 nitrogen and oxygen atoms in total. The van der Waals surface area contributed by atoms with Gasteiger partial charge < -0.3 is 0 Å². The molecule has 2 unspecified atom stereocenters. The molecule has 0 spiro atoms. The summed E-state index contributed by atoms with van der Waals surface area (Å²) in [5.74, 6) is -120. The Balaban J connectivity index is 3.83. The van der Waals surface area contributed by atoms with Crippen molar-refractivity contribution in [1.82, 2.24) is 13.7 Å². The number of allylic oxidation sites excluding steroid dienone is 1. The fourth-order valence-corrected chi connectivity index (χ4v) is 6.91. The third-order valence-electron chi connectivity index (χ3n) is 8.99. The van der Waals surface area contributed by atoms with Gasteiger partial charge in [0, 0.05) is 33.8 Å². The maximum absolute atomic E-state index is 14.7. The van der Waals surface area contributed by atoms with E-state index in [2.05, 4.69) is 6.58 Å². The molecule has 0 saturated carbocycles. The molecule has 1 heterocycles. The van der Waals surface area contributed by atoms with Crippen molar-refractivity contribution >= 4 is 45.2 Å². The molecule has 0 saturated heterocycles. The zero-order chi connectivity index (χ0) is 56.9. The molecular formula is C28H15F34I2N3O3. The van der Waals surface area contributed by atoms with Crippen LogP contribution >= 0.6 is 45.2 Å². The van der Waals surface area contributed by atoms with Gasteiger partial charge in [-0.1, -0.05) is 51.3 Å². The first-order chi connectivity index (χ1) is 30.2. The predicted octanol–water partition coefficient (Wildman–Crippen LogP) is 11.8. The molecule has 0 bridgehead atoms. The van der Waals surface area contributed by atoms with Gasteiger partial charge in [-0.05, 0) is 0 Å². The zero-order valence-electron chi connectivity index (χ0n) is 31.6. The first-order valence-corrected chi connectivity index (χ1v) is 18.9. The Kier molecular flexibility index (Phi) is 17.3. The SMILES string of the molecule is C=CCn1c(=O)n(CC(I)CC(F)(F)C(F)(F)C(F)(F)C(F)(F)C(F)(F)C(F)(F)C(F)(F)C(F)(F)F)c(=O)n(CC(I)CC(F)(F)C(F)(F)C(F)(F)C(F)(F)C(F)(F)C(F)(F)C(F)(F)C(F)(F)F)c1=O. The van der Waals surface area contributed by atoms with Gasteiger partial charge in [-0.2, -0.15) is 149 Å². The third kappa shape index (κ3) is 9.51. The van der Waals surface area contributed by atoms with Crippen LogP contribution in [0.1, 0.15) is 12.8 Å². The summed E-state index contributed by atoms with van der Waals surface area (Å²) in [6.45, 7) is -2.97. The molecule has 412 valence electrons. The summed E-state index contributed by atoms with van der Waals surface area (Å²) in [5, 5.41) is 0. The van der Waals surface area contributed by atoms with E-state index in [9.17, 15) is 164 Å². The van der Waals surface area contributed by atoms with Crippen LogP contribution in [0.15, 0.2) is 27.0 Å². The Morgan fingerprint density at radius 2 is 0.529 bits per heavy atom. The first kappa shape index (κ1) is 65.2. The molecule has 70 heavy (non-hydrogen) atoms. The number of hydrogen-bond acceptors (Lipinski definition) is 3. The van der Waals surface area contributed by atoms with E-state index in [-0.39, 0.29) is 45.2 Å². The molecule has 0 aliphatic rings. The smallest absolute Gasteiger partial charge is 0.247 e. The Morgan fingerprint density at radius 3 is 0.729 bits per heavy atom. The second-order valence-electron chi connectivity index (χ2n) is 13.9. The number of nitrogens with zero attached hydrogens (tertiary/aromatic N) is 3. The maximum Gasteiger partial charge on any atom is 0.460 e. The largest absolute Gasteiger partial charge is 0.460 e. The average molecular weight is 1340 g/mol. The normalized spacial score (nSPS) is 16.7. The Hall–Kier alpha value is -2.77. The average Bonchev–Trinajstić information content (AvgIpc) is 3.14. The molecule has 2 atom stereocenters. The predicted molar refractivity (Wildman–Crippen MR) is 176 cm³/mol. The minimum absolute atomic E-state index is 0.211. The van der Waals surface area contributed by atoms with E-state index in [4.69, 9.17) is 0 Å². The van der Waals surface area contributed by atoms with Crippen LogP contribution in [0, 0.1) is 0 Å².